The predicted molar refractivity (Wildman–Crippen MR) is 75.6 cm³/mol. The molecule has 0 aliphatic heterocycles. The normalized spacial score (nSPS) is 26.6. The second-order valence-electron chi connectivity index (χ2n) is 6.02. The number of rotatable bonds is 3. The van der Waals surface area contributed by atoms with Crippen molar-refractivity contribution in [1.29, 1.82) is 0 Å². The van der Waals surface area contributed by atoms with E-state index in [4.69, 9.17) is 4.74 Å². The molecule has 19 heavy (non-hydrogen) atoms. The lowest BCUT2D eigenvalue weighted by Crippen LogP contribution is -2.40. The van der Waals surface area contributed by atoms with Crippen molar-refractivity contribution in [3.8, 4) is 0 Å². The van der Waals surface area contributed by atoms with Crippen LogP contribution in [0.5, 0.6) is 0 Å². The van der Waals surface area contributed by atoms with Gasteiger partial charge < -0.3 is 4.74 Å². The van der Waals surface area contributed by atoms with Gasteiger partial charge in [0.05, 0.1) is 0 Å². The summed E-state index contributed by atoms with van der Waals surface area (Å²) >= 11 is 0. The van der Waals surface area contributed by atoms with Crippen molar-refractivity contribution in [2.45, 2.75) is 54.1 Å². The molecule has 0 saturated carbocycles. The van der Waals surface area contributed by atoms with Crippen molar-refractivity contribution in [3.05, 3.63) is 23.3 Å². The molecule has 1 aliphatic rings. The molecule has 0 fully saturated rings. The first-order valence-corrected chi connectivity index (χ1v) is 6.71. The van der Waals surface area contributed by atoms with E-state index in [-0.39, 0.29) is 29.2 Å². The molecule has 3 nitrogen and oxygen atoms in total. The van der Waals surface area contributed by atoms with Crippen molar-refractivity contribution in [3.63, 3.8) is 0 Å². The molecule has 0 radical (unpaired) electrons. The zero-order valence-electron chi connectivity index (χ0n) is 12.7. The monoisotopic (exact) mass is 264 g/mol. The number of ether oxygens (including phenoxy) is 1. The summed E-state index contributed by atoms with van der Waals surface area (Å²) in [4.78, 5) is 23.5. The van der Waals surface area contributed by atoms with E-state index in [2.05, 4.69) is 13.8 Å². The lowest BCUT2D eigenvalue weighted by atomic mass is 9.65. The number of carbonyl (C=O) groups excluding carboxylic acids is 2. The van der Waals surface area contributed by atoms with Gasteiger partial charge in [0.15, 0.2) is 5.78 Å². The Morgan fingerprint density at radius 2 is 1.95 bits per heavy atom. The van der Waals surface area contributed by atoms with Gasteiger partial charge in [0.1, 0.15) is 6.10 Å². The number of esters is 1. The Morgan fingerprint density at radius 1 is 1.37 bits per heavy atom. The Morgan fingerprint density at radius 3 is 2.37 bits per heavy atom. The van der Waals surface area contributed by atoms with Gasteiger partial charge >= 0.3 is 5.97 Å². The number of ketones is 1. The molecule has 2 unspecified atom stereocenters. The number of carbonyl (C=O) groups is 2. The van der Waals surface area contributed by atoms with E-state index in [1.165, 1.54) is 6.92 Å². The highest BCUT2D eigenvalue weighted by Gasteiger charge is 2.41. The molecule has 2 atom stereocenters. The predicted octanol–water partition coefficient (Wildman–Crippen LogP) is 3.45. The van der Waals surface area contributed by atoms with Crippen LogP contribution in [0.1, 0.15) is 48.0 Å². The Labute approximate surface area is 115 Å². The highest BCUT2D eigenvalue weighted by atomic mass is 16.5. The summed E-state index contributed by atoms with van der Waals surface area (Å²) in [6, 6.07) is 0. The van der Waals surface area contributed by atoms with E-state index < -0.39 is 0 Å². The number of allylic oxidation sites excluding steroid dienone is 3. The van der Waals surface area contributed by atoms with Gasteiger partial charge in [0.25, 0.3) is 0 Å². The van der Waals surface area contributed by atoms with Crippen LogP contribution in [0.15, 0.2) is 23.3 Å². The van der Waals surface area contributed by atoms with Crippen LogP contribution < -0.4 is 0 Å². The van der Waals surface area contributed by atoms with Crippen LogP contribution in [-0.4, -0.2) is 17.9 Å². The molecule has 0 N–H and O–H groups in total. The lowest BCUT2D eigenvalue weighted by Gasteiger charge is -2.40. The van der Waals surface area contributed by atoms with Gasteiger partial charge in [-0.2, -0.15) is 0 Å². The van der Waals surface area contributed by atoms with Gasteiger partial charge in [-0.15, -0.1) is 0 Å². The Hall–Kier alpha value is -1.38. The van der Waals surface area contributed by atoms with Crippen LogP contribution in [0.4, 0.5) is 0 Å². The maximum absolute atomic E-state index is 12.5. The van der Waals surface area contributed by atoms with Crippen molar-refractivity contribution in [2.75, 3.05) is 0 Å². The molecular weight excluding hydrogens is 240 g/mol. The third-order valence-corrected chi connectivity index (χ3v) is 3.81. The fourth-order valence-corrected chi connectivity index (χ4v) is 2.92. The van der Waals surface area contributed by atoms with Gasteiger partial charge in [-0.3, -0.25) is 9.59 Å². The SMILES string of the molecule is CC=C(C)C(=O)C1C(C)=CC(OC(C)=O)CC1(C)C. The number of Topliss-reactive ketones (excluding diaryl/α,β-unsaturated/α-hetero) is 1. The Balaban J connectivity index is 3.07. The molecule has 0 aromatic heterocycles. The van der Waals surface area contributed by atoms with E-state index >= 15 is 0 Å². The summed E-state index contributed by atoms with van der Waals surface area (Å²) in [6.45, 7) is 11.2. The molecule has 1 rings (SSSR count). The number of hydrogen-bond acceptors (Lipinski definition) is 3. The zero-order chi connectivity index (χ0) is 14.8. The zero-order valence-corrected chi connectivity index (χ0v) is 12.7. The summed E-state index contributed by atoms with van der Waals surface area (Å²) in [5, 5.41) is 0. The summed E-state index contributed by atoms with van der Waals surface area (Å²) in [5.74, 6) is -0.239. The van der Waals surface area contributed by atoms with Gasteiger partial charge in [0.2, 0.25) is 0 Å². The first-order valence-electron chi connectivity index (χ1n) is 6.71. The third-order valence-electron chi connectivity index (χ3n) is 3.81. The average Bonchev–Trinajstić information content (AvgIpc) is 2.24. The highest BCUT2D eigenvalue weighted by Crippen LogP contribution is 2.43. The molecular formula is C16H24O3. The quantitative estimate of drug-likeness (QED) is 0.445. The molecule has 1 aliphatic carbocycles. The molecule has 0 spiro atoms. The first kappa shape index (κ1) is 15.7. The van der Waals surface area contributed by atoms with E-state index in [1.54, 1.807) is 0 Å². The van der Waals surface area contributed by atoms with Gasteiger partial charge in [-0.1, -0.05) is 25.5 Å². The van der Waals surface area contributed by atoms with Gasteiger partial charge in [-0.05, 0) is 44.3 Å². The molecule has 3 heteroatoms. The summed E-state index contributed by atoms with van der Waals surface area (Å²) in [6.07, 6.45) is 4.22. The van der Waals surface area contributed by atoms with Crippen LogP contribution in [0.3, 0.4) is 0 Å². The average molecular weight is 264 g/mol. The fraction of sp³-hybridized carbons (Fsp3) is 0.625. The maximum atomic E-state index is 12.5. The van der Waals surface area contributed by atoms with Crippen molar-refractivity contribution >= 4 is 11.8 Å². The van der Waals surface area contributed by atoms with E-state index in [1.807, 2.05) is 32.9 Å². The smallest absolute Gasteiger partial charge is 0.303 e. The van der Waals surface area contributed by atoms with E-state index in [9.17, 15) is 9.59 Å². The lowest BCUT2D eigenvalue weighted by molar-refractivity contribution is -0.146. The molecule has 0 saturated heterocycles. The molecule has 0 heterocycles. The van der Waals surface area contributed by atoms with E-state index in [0.29, 0.717) is 6.42 Å². The summed E-state index contributed by atoms with van der Waals surface area (Å²) < 4.78 is 5.27. The fourth-order valence-electron chi connectivity index (χ4n) is 2.92. The van der Waals surface area contributed by atoms with E-state index in [0.717, 1.165) is 11.1 Å². The van der Waals surface area contributed by atoms with Gasteiger partial charge in [0, 0.05) is 12.8 Å². The minimum absolute atomic E-state index is 0.129. The molecule has 0 bridgehead atoms. The Kier molecular flexibility index (Phi) is 4.72. The Bertz CT molecular complexity index is 441. The maximum Gasteiger partial charge on any atom is 0.303 e. The van der Waals surface area contributed by atoms with Crippen molar-refractivity contribution < 1.29 is 14.3 Å². The minimum Gasteiger partial charge on any atom is -0.458 e. The minimum atomic E-state index is -0.278. The topological polar surface area (TPSA) is 43.4 Å². The second kappa shape index (κ2) is 5.72. The highest BCUT2D eigenvalue weighted by molar-refractivity contribution is 5.98. The van der Waals surface area contributed by atoms with Crippen LogP contribution >= 0.6 is 0 Å². The molecule has 0 amide bonds. The van der Waals surface area contributed by atoms with Gasteiger partial charge in [-0.25, -0.2) is 0 Å². The van der Waals surface area contributed by atoms with Crippen LogP contribution in [-0.2, 0) is 14.3 Å². The molecule has 106 valence electrons. The summed E-state index contributed by atoms with van der Waals surface area (Å²) in [7, 11) is 0. The van der Waals surface area contributed by atoms with Crippen molar-refractivity contribution in [1.82, 2.24) is 0 Å². The van der Waals surface area contributed by atoms with Crippen LogP contribution in [0.25, 0.3) is 0 Å². The van der Waals surface area contributed by atoms with Crippen LogP contribution in [0.2, 0.25) is 0 Å². The second-order valence-corrected chi connectivity index (χ2v) is 6.02. The standard InChI is InChI=1S/C16H24O3/c1-7-10(2)15(18)14-11(3)8-13(19-12(4)17)9-16(14,5)6/h7-8,13-14H,9H2,1-6H3. The largest absolute Gasteiger partial charge is 0.458 e. The third kappa shape index (κ3) is 3.55. The first-order chi connectivity index (χ1) is 8.69. The molecule has 0 aromatic carbocycles. The number of hydrogen-bond donors (Lipinski definition) is 0. The van der Waals surface area contributed by atoms with Crippen LogP contribution in [0, 0.1) is 11.3 Å². The summed E-state index contributed by atoms with van der Waals surface area (Å²) in [5.41, 5.74) is 1.57. The molecule has 0 aromatic rings. The van der Waals surface area contributed by atoms with Crippen molar-refractivity contribution in [2.24, 2.45) is 11.3 Å².